The molecule has 0 aromatic carbocycles. The molecule has 18 heteroatoms. The summed E-state index contributed by atoms with van der Waals surface area (Å²) in [5, 5.41) is 14.0. The van der Waals surface area contributed by atoms with Crippen molar-refractivity contribution in [3.63, 3.8) is 0 Å². The normalized spacial score (nSPS) is 20.4. The summed E-state index contributed by atoms with van der Waals surface area (Å²) in [6.07, 6.45) is 22.3. The Balaban J connectivity index is 0.799. The number of thioether (sulfide) groups is 2. The molecule has 16 nitrogen and oxygen atoms in total. The molecule has 5 aromatic rings. The van der Waals surface area contributed by atoms with Crippen LogP contribution in [0.5, 0.6) is 5.75 Å². The highest BCUT2D eigenvalue weighted by Gasteiger charge is 2.35. The van der Waals surface area contributed by atoms with Gasteiger partial charge in [-0.15, -0.1) is 23.5 Å². The lowest BCUT2D eigenvalue weighted by molar-refractivity contribution is -0.116. The Kier molecular flexibility index (Phi) is 12.0. The van der Waals surface area contributed by atoms with Crippen LogP contribution in [-0.2, 0) is 10.5 Å². The quantitative estimate of drug-likeness (QED) is 0.0668. The average Bonchev–Trinajstić information content (AvgIpc) is 3.96. The first-order valence-corrected chi connectivity index (χ1v) is 21.4. The van der Waals surface area contributed by atoms with Gasteiger partial charge in [-0.05, 0) is 69.0 Å². The second-order valence-electron chi connectivity index (χ2n) is 14.5. The lowest BCUT2D eigenvalue weighted by atomic mass is 10.1. The van der Waals surface area contributed by atoms with Crippen molar-refractivity contribution < 1.29 is 14.3 Å². The van der Waals surface area contributed by atoms with Crippen LogP contribution in [0.1, 0.15) is 44.1 Å². The van der Waals surface area contributed by atoms with E-state index < -0.39 is 0 Å². The van der Waals surface area contributed by atoms with Gasteiger partial charge in [0.25, 0.3) is 5.91 Å². The first-order chi connectivity index (χ1) is 28.3. The minimum absolute atomic E-state index is 0.0723. The molecule has 4 N–H and O–H groups in total. The molecule has 0 bridgehead atoms. The highest BCUT2D eigenvalue weighted by molar-refractivity contribution is 7.98. The molecule has 3 fully saturated rings. The lowest BCUT2D eigenvalue weighted by Gasteiger charge is -2.17. The molecule has 4 atom stereocenters. The highest BCUT2D eigenvalue weighted by atomic mass is 32.2. The molecule has 2 aliphatic carbocycles. The largest absolute Gasteiger partial charge is 0.496 e. The first kappa shape index (κ1) is 39.1. The molecule has 1 saturated heterocycles. The fraction of sp³-hybridized carbons (Fsp3) is 0.375. The molecule has 58 heavy (non-hydrogen) atoms. The van der Waals surface area contributed by atoms with E-state index in [0.717, 1.165) is 81.5 Å². The number of ether oxygens (including phenoxy) is 1. The van der Waals surface area contributed by atoms with Crippen LogP contribution in [0.3, 0.4) is 0 Å². The number of carbonyl (C=O) groups excluding carboxylic acids is 2. The number of aromatic nitrogens is 7. The number of hydrogen-bond acceptors (Lipinski definition) is 16. The molecular formula is C40H45N13O3S2. The van der Waals surface area contributed by atoms with Crippen molar-refractivity contribution in [1.29, 1.82) is 0 Å². The Morgan fingerprint density at radius 1 is 0.707 bits per heavy atom. The number of anilines is 5. The summed E-state index contributed by atoms with van der Waals surface area (Å²) < 4.78 is 5.91. The summed E-state index contributed by atoms with van der Waals surface area (Å²) in [6, 6.07) is 8.32. The van der Waals surface area contributed by atoms with Crippen molar-refractivity contribution in [3.05, 3.63) is 79.4 Å². The molecule has 0 unspecified atom stereocenters. The van der Waals surface area contributed by atoms with Crippen molar-refractivity contribution in [2.75, 3.05) is 53.1 Å². The second kappa shape index (κ2) is 17.8. The van der Waals surface area contributed by atoms with E-state index in [4.69, 9.17) is 9.72 Å². The minimum Gasteiger partial charge on any atom is -0.496 e. The third kappa shape index (κ3) is 9.18. The fourth-order valence-corrected chi connectivity index (χ4v) is 8.65. The van der Waals surface area contributed by atoms with Crippen molar-refractivity contribution in [3.8, 4) is 16.9 Å². The molecule has 1 aliphatic heterocycles. The zero-order chi connectivity index (χ0) is 40.0. The lowest BCUT2D eigenvalue weighted by Crippen LogP contribution is -2.31. The summed E-state index contributed by atoms with van der Waals surface area (Å²) in [5.74, 6) is 3.93. The van der Waals surface area contributed by atoms with Crippen LogP contribution < -0.4 is 30.9 Å². The number of amides is 3. The summed E-state index contributed by atoms with van der Waals surface area (Å²) in [7, 11) is 3.29. The molecule has 5 aromatic heterocycles. The van der Waals surface area contributed by atoms with E-state index >= 15 is 0 Å². The maximum atomic E-state index is 12.3. The molecular weight excluding hydrogens is 775 g/mol. The van der Waals surface area contributed by atoms with Gasteiger partial charge in [-0.25, -0.2) is 39.6 Å². The number of pyridine rings is 3. The molecule has 3 aliphatic rings. The molecule has 300 valence electrons. The smallest absolute Gasteiger partial charge is 0.331 e. The summed E-state index contributed by atoms with van der Waals surface area (Å²) in [5.41, 5.74) is 3.24. The third-order valence-corrected chi connectivity index (χ3v) is 12.2. The van der Waals surface area contributed by atoms with E-state index in [2.05, 4.69) is 57.2 Å². The number of rotatable bonds is 15. The molecule has 2 saturated carbocycles. The second-order valence-corrected chi connectivity index (χ2v) is 16.5. The van der Waals surface area contributed by atoms with E-state index in [1.54, 1.807) is 56.0 Å². The van der Waals surface area contributed by atoms with Gasteiger partial charge in [-0.2, -0.15) is 0 Å². The number of methoxy groups -OCH3 is 1. The Morgan fingerprint density at radius 2 is 1.29 bits per heavy atom. The monoisotopic (exact) mass is 819 g/mol. The molecule has 3 amide bonds. The van der Waals surface area contributed by atoms with Gasteiger partial charge in [0.1, 0.15) is 23.9 Å². The van der Waals surface area contributed by atoms with Crippen LogP contribution in [0.15, 0.2) is 83.6 Å². The van der Waals surface area contributed by atoms with Crippen LogP contribution >= 0.6 is 23.5 Å². The van der Waals surface area contributed by atoms with Crippen LogP contribution in [-0.4, -0.2) is 103 Å². The van der Waals surface area contributed by atoms with Gasteiger partial charge in [0.05, 0.1) is 19.0 Å². The summed E-state index contributed by atoms with van der Waals surface area (Å²) in [6.45, 7) is 0.0723. The van der Waals surface area contributed by atoms with E-state index in [9.17, 15) is 9.59 Å². The number of likely N-dealkylation sites (N-methyl/N-ethyl adjacent to an activating group) is 1. The van der Waals surface area contributed by atoms with Crippen molar-refractivity contribution >= 4 is 64.7 Å². The number of nitrogens with one attached hydrogen (secondary N) is 4. The maximum absolute atomic E-state index is 12.3. The van der Waals surface area contributed by atoms with Gasteiger partial charge >= 0.3 is 6.03 Å². The summed E-state index contributed by atoms with van der Waals surface area (Å²) in [4.78, 5) is 60.8. The van der Waals surface area contributed by atoms with E-state index in [-0.39, 0.29) is 30.6 Å². The number of carbonyl (C=O) groups is 2. The molecule has 0 spiro atoms. The van der Waals surface area contributed by atoms with Gasteiger partial charge in [0, 0.05) is 107 Å². The van der Waals surface area contributed by atoms with Crippen LogP contribution in [0.25, 0.3) is 11.1 Å². The molecule has 0 radical (unpaired) electrons. The fourth-order valence-electron chi connectivity index (χ4n) is 7.55. The number of nitrogens with zero attached hydrogens (tertiary/aromatic N) is 9. The minimum atomic E-state index is -0.342. The topological polar surface area (TPSA) is 188 Å². The maximum Gasteiger partial charge on any atom is 0.331 e. The molecule has 8 rings (SSSR count). The van der Waals surface area contributed by atoms with Gasteiger partial charge < -0.3 is 30.9 Å². The SMILES string of the molecule is COc1c(CSc2cnc(N[C@H]3CC[C@H](Nc4ccc(N5C(=O)CN(C)C5=O)cn4)C3)nc2)cncc1-c1ccc(N[C@H]2CC[C@H](Nc3ncc(SC)cn3)C2)nc1. The van der Waals surface area contributed by atoms with E-state index in [1.165, 1.54) is 4.90 Å². The highest BCUT2D eigenvalue weighted by Crippen LogP contribution is 2.36. The standard InChI is InChI=1S/C40H45N13O3S2/c1-52-22-36(54)53(40(52)55)30-9-11-35(43-16-30)49-27-6-8-29(13-27)51-39-46-19-32(20-47-39)58-23-25-14-41-21-33(37(25)56-2)24-4-10-34(42-15-24)48-26-5-7-28(12-26)50-38-44-17-31(57-3)18-45-38/h4,9-11,14-21,26-29H,5-8,12-13,22-23H2,1-3H3,(H,42,48)(H,43,49)(H,44,45,50)(H,46,47,51)/t26-,27-,28-,29-/m0/s1. The van der Waals surface area contributed by atoms with Gasteiger partial charge in [-0.1, -0.05) is 0 Å². The van der Waals surface area contributed by atoms with E-state index in [1.807, 2.05) is 55.7 Å². The first-order valence-electron chi connectivity index (χ1n) is 19.2. The van der Waals surface area contributed by atoms with Crippen LogP contribution in [0, 0.1) is 0 Å². The van der Waals surface area contributed by atoms with Gasteiger partial charge in [-0.3, -0.25) is 9.78 Å². The summed E-state index contributed by atoms with van der Waals surface area (Å²) >= 11 is 3.25. The zero-order valence-corrected chi connectivity index (χ0v) is 34.1. The Bertz CT molecular complexity index is 2200. The third-order valence-electron chi connectivity index (χ3n) is 10.5. The molecule has 6 heterocycles. The number of hydrogen-bond donors (Lipinski definition) is 4. The van der Waals surface area contributed by atoms with Crippen LogP contribution in [0.2, 0.25) is 0 Å². The van der Waals surface area contributed by atoms with E-state index in [0.29, 0.717) is 41.2 Å². The van der Waals surface area contributed by atoms with Crippen molar-refractivity contribution in [2.24, 2.45) is 0 Å². The predicted molar refractivity (Wildman–Crippen MR) is 227 cm³/mol. The van der Waals surface area contributed by atoms with Gasteiger partial charge in [0.15, 0.2) is 0 Å². The zero-order valence-electron chi connectivity index (χ0n) is 32.5. The Labute approximate surface area is 345 Å². The van der Waals surface area contributed by atoms with Crippen molar-refractivity contribution in [2.45, 2.75) is 78.2 Å². The van der Waals surface area contributed by atoms with Crippen molar-refractivity contribution in [1.82, 2.24) is 39.8 Å². The van der Waals surface area contributed by atoms with Crippen LogP contribution in [0.4, 0.5) is 34.0 Å². The Hall–Kier alpha value is -5.75. The predicted octanol–water partition coefficient (Wildman–Crippen LogP) is 6.43. The number of urea groups is 1. The number of imide groups is 1. The van der Waals surface area contributed by atoms with Gasteiger partial charge in [0.2, 0.25) is 11.9 Å². The average molecular weight is 820 g/mol. The Morgan fingerprint density at radius 3 is 1.81 bits per heavy atom.